The van der Waals surface area contributed by atoms with Gasteiger partial charge in [0.1, 0.15) is 6.04 Å². The van der Waals surface area contributed by atoms with Gasteiger partial charge in [-0.15, -0.1) is 0 Å². The van der Waals surface area contributed by atoms with Crippen LogP contribution in [0.2, 0.25) is 0 Å². The minimum Gasteiger partial charge on any atom is -0.453 e. The molecule has 0 fully saturated rings. The predicted octanol–water partition coefficient (Wildman–Crippen LogP) is 6.07. The lowest BCUT2D eigenvalue weighted by Crippen LogP contribution is -2.52. The van der Waals surface area contributed by atoms with Crippen LogP contribution in [0.25, 0.3) is 0 Å². The third kappa shape index (κ3) is 11.9. The number of sulfonamides is 1. The van der Waals surface area contributed by atoms with E-state index in [-0.39, 0.29) is 35.9 Å². The molecule has 0 aliphatic rings. The molecule has 0 aromatic heterocycles. The molecule has 3 rings (SSSR count). The number of nitrogen functional groups attached to an aromatic ring is 1. The number of benzene rings is 3. The van der Waals surface area contributed by atoms with Crippen LogP contribution < -0.4 is 16.4 Å². The summed E-state index contributed by atoms with van der Waals surface area (Å²) in [6, 6.07) is 23.4. The molecule has 0 aliphatic heterocycles. The van der Waals surface area contributed by atoms with Crippen LogP contribution in [0.3, 0.4) is 0 Å². The quantitative estimate of drug-likeness (QED) is 0.105. The Morgan fingerprint density at radius 2 is 1.41 bits per heavy atom. The van der Waals surface area contributed by atoms with Crippen molar-refractivity contribution in [3.63, 3.8) is 0 Å². The number of carbonyl (C=O) groups is 2. The molecule has 3 aromatic carbocycles. The third-order valence-electron chi connectivity index (χ3n) is 8.77. The van der Waals surface area contributed by atoms with Gasteiger partial charge >= 0.3 is 6.09 Å². The van der Waals surface area contributed by atoms with Crippen molar-refractivity contribution in [1.82, 2.24) is 14.9 Å². The molecule has 0 spiro atoms. The molecule has 0 radical (unpaired) electrons. The van der Waals surface area contributed by atoms with Crippen molar-refractivity contribution in [3.05, 3.63) is 96.1 Å². The molecule has 10 nitrogen and oxygen atoms in total. The van der Waals surface area contributed by atoms with Crippen molar-refractivity contribution in [3.8, 4) is 0 Å². The molecule has 2 amide bonds. The topological polar surface area (TPSA) is 151 Å². The molecule has 0 aliphatic carbocycles. The van der Waals surface area contributed by atoms with Crippen LogP contribution in [0.4, 0.5) is 10.5 Å². The number of alkyl carbamates (subject to hydrolysis) is 1. The van der Waals surface area contributed by atoms with Crippen molar-refractivity contribution < 1.29 is 27.9 Å². The number of hydrogen-bond donors (Lipinski definition) is 4. The number of anilines is 1. The number of nitrogens with two attached hydrogens (primary N) is 1. The van der Waals surface area contributed by atoms with Crippen molar-refractivity contribution in [1.29, 1.82) is 0 Å². The first-order valence-electron chi connectivity index (χ1n) is 17.2. The van der Waals surface area contributed by atoms with E-state index in [4.69, 9.17) is 10.5 Å². The molecule has 0 saturated heterocycles. The predicted molar refractivity (Wildman–Crippen MR) is 194 cm³/mol. The second kappa shape index (κ2) is 19.9. The van der Waals surface area contributed by atoms with Crippen molar-refractivity contribution in [2.45, 2.75) is 94.7 Å². The fourth-order valence-corrected chi connectivity index (χ4v) is 7.66. The number of hydrogen-bond acceptors (Lipinski definition) is 7. The number of carbonyl (C=O) groups excluding carboxylic acids is 2. The van der Waals surface area contributed by atoms with E-state index < -0.39 is 34.1 Å². The van der Waals surface area contributed by atoms with E-state index in [0.717, 1.165) is 24.0 Å². The second-order valence-corrected chi connectivity index (χ2v) is 14.8. The van der Waals surface area contributed by atoms with Crippen LogP contribution in [0.5, 0.6) is 0 Å². The van der Waals surface area contributed by atoms with E-state index in [1.165, 1.54) is 23.5 Å². The van der Waals surface area contributed by atoms with Crippen LogP contribution in [0.1, 0.15) is 82.8 Å². The number of ether oxygens (including phenoxy) is 1. The lowest BCUT2D eigenvalue weighted by molar-refractivity contribution is -0.124. The minimum absolute atomic E-state index is 0.132. The molecule has 268 valence electrons. The standard InChI is InChI=1S/C38H54N4O6S/c1-5-6-18-32(19-13-20-33(27-43)42(26-25-28(2)3)49(46,47)34-23-21-31(39)22-24-34)40-37(44)36(41-38(45)48-4)35(29-14-9-7-10-15-29)30-16-11-8-12-17-30/h7-12,14-17,21-24,28,32-33,35-36,43H,5-6,13,18-20,25-27,39H2,1-4H3,(H,40,44)(H,41,45)/t32-,33-,36-/m0/s1. The molecular weight excluding hydrogens is 641 g/mol. The Bertz CT molecular complexity index is 1480. The summed E-state index contributed by atoms with van der Waals surface area (Å²) < 4.78 is 33.9. The van der Waals surface area contributed by atoms with E-state index in [1.54, 1.807) is 12.1 Å². The maximum Gasteiger partial charge on any atom is 0.407 e. The number of methoxy groups -OCH3 is 1. The van der Waals surface area contributed by atoms with Gasteiger partial charge in [0.05, 0.1) is 18.6 Å². The third-order valence-corrected chi connectivity index (χ3v) is 10.7. The SMILES string of the molecule is CCCC[C@@H](CCC[C@@H](CO)N(CCC(C)C)S(=O)(=O)c1ccc(N)cc1)NC(=O)[C@@H](NC(=O)OC)C(c1ccccc1)c1ccccc1. The highest BCUT2D eigenvalue weighted by Gasteiger charge is 2.34. The molecule has 3 atom stereocenters. The molecule has 3 aromatic rings. The summed E-state index contributed by atoms with van der Waals surface area (Å²) in [5.41, 5.74) is 8.01. The van der Waals surface area contributed by atoms with Gasteiger partial charge in [-0.1, -0.05) is 94.3 Å². The molecule has 11 heteroatoms. The Morgan fingerprint density at radius 1 is 0.837 bits per heavy atom. The van der Waals surface area contributed by atoms with Crippen LogP contribution in [-0.4, -0.2) is 68.2 Å². The van der Waals surface area contributed by atoms with E-state index in [2.05, 4.69) is 17.6 Å². The monoisotopic (exact) mass is 694 g/mol. The lowest BCUT2D eigenvalue weighted by Gasteiger charge is -2.31. The number of aliphatic hydroxyl groups excluding tert-OH is 1. The Morgan fingerprint density at radius 3 is 1.92 bits per heavy atom. The first-order valence-corrected chi connectivity index (χ1v) is 18.7. The summed E-state index contributed by atoms with van der Waals surface area (Å²) in [6.45, 7) is 6.08. The highest BCUT2D eigenvalue weighted by Crippen LogP contribution is 2.29. The Balaban J connectivity index is 1.84. The van der Waals surface area contributed by atoms with Gasteiger partial charge in [0.25, 0.3) is 0 Å². The summed E-state index contributed by atoms with van der Waals surface area (Å²) in [5.74, 6) is -0.563. The van der Waals surface area contributed by atoms with Gasteiger partial charge in [-0.25, -0.2) is 13.2 Å². The average Bonchev–Trinajstić information content (AvgIpc) is 3.10. The summed E-state index contributed by atoms with van der Waals surface area (Å²) in [5, 5.41) is 16.5. The highest BCUT2D eigenvalue weighted by atomic mass is 32.2. The van der Waals surface area contributed by atoms with E-state index in [0.29, 0.717) is 37.8 Å². The van der Waals surface area contributed by atoms with Gasteiger partial charge in [0, 0.05) is 30.2 Å². The zero-order valence-electron chi connectivity index (χ0n) is 29.3. The fourth-order valence-electron chi connectivity index (χ4n) is 6.00. The first-order chi connectivity index (χ1) is 23.5. The van der Waals surface area contributed by atoms with Crippen molar-refractivity contribution in [2.75, 3.05) is 26.0 Å². The summed E-state index contributed by atoms with van der Waals surface area (Å²) in [4.78, 5) is 26.9. The number of aliphatic hydroxyl groups is 1. The van der Waals surface area contributed by atoms with Crippen molar-refractivity contribution >= 4 is 27.7 Å². The largest absolute Gasteiger partial charge is 0.453 e. The number of rotatable bonds is 20. The summed E-state index contributed by atoms with van der Waals surface area (Å²) in [7, 11) is -2.63. The number of unbranched alkanes of at least 4 members (excludes halogenated alkanes) is 1. The second-order valence-electron chi connectivity index (χ2n) is 12.9. The smallest absolute Gasteiger partial charge is 0.407 e. The fraction of sp³-hybridized carbons (Fsp3) is 0.474. The van der Waals surface area contributed by atoms with Gasteiger partial charge in [0.2, 0.25) is 15.9 Å². The van der Waals surface area contributed by atoms with Gasteiger partial charge in [-0.05, 0) is 73.4 Å². The maximum absolute atomic E-state index is 14.2. The van der Waals surface area contributed by atoms with E-state index in [9.17, 15) is 23.1 Å². The van der Waals surface area contributed by atoms with Gasteiger partial charge in [-0.3, -0.25) is 4.79 Å². The Labute approximate surface area is 292 Å². The zero-order valence-corrected chi connectivity index (χ0v) is 30.1. The van der Waals surface area contributed by atoms with E-state index in [1.807, 2.05) is 74.5 Å². The Hall–Kier alpha value is -3.93. The molecule has 0 bridgehead atoms. The molecule has 0 unspecified atom stereocenters. The van der Waals surface area contributed by atoms with Crippen LogP contribution in [0, 0.1) is 5.92 Å². The maximum atomic E-state index is 14.2. The molecule has 5 N–H and O–H groups in total. The van der Waals surface area contributed by atoms with Gasteiger partial charge in [-0.2, -0.15) is 4.31 Å². The van der Waals surface area contributed by atoms with Crippen LogP contribution in [-0.2, 0) is 19.6 Å². The first kappa shape index (κ1) is 39.5. The van der Waals surface area contributed by atoms with Gasteiger partial charge < -0.3 is 26.2 Å². The molecular formula is C38H54N4O6S. The van der Waals surface area contributed by atoms with Crippen LogP contribution >= 0.6 is 0 Å². The minimum atomic E-state index is -3.90. The normalized spacial score (nSPS) is 13.6. The van der Waals surface area contributed by atoms with Crippen LogP contribution in [0.15, 0.2) is 89.8 Å². The van der Waals surface area contributed by atoms with E-state index >= 15 is 0 Å². The Kier molecular flexibility index (Phi) is 16.1. The molecule has 0 heterocycles. The number of nitrogens with one attached hydrogen (secondary N) is 2. The number of nitrogens with zero attached hydrogens (tertiary/aromatic N) is 1. The highest BCUT2D eigenvalue weighted by molar-refractivity contribution is 7.89. The molecule has 49 heavy (non-hydrogen) atoms. The number of amides is 2. The molecule has 0 saturated carbocycles. The average molecular weight is 695 g/mol. The van der Waals surface area contributed by atoms with Gasteiger partial charge in [0.15, 0.2) is 0 Å². The van der Waals surface area contributed by atoms with Crippen molar-refractivity contribution in [2.24, 2.45) is 5.92 Å². The summed E-state index contributed by atoms with van der Waals surface area (Å²) in [6.07, 6.45) is 3.96. The lowest BCUT2D eigenvalue weighted by atomic mass is 9.84. The summed E-state index contributed by atoms with van der Waals surface area (Å²) >= 11 is 0. The zero-order chi connectivity index (χ0) is 35.8.